The molecular formula is C32H32Cl2F3N11O. The van der Waals surface area contributed by atoms with E-state index in [-0.39, 0.29) is 17.8 Å². The van der Waals surface area contributed by atoms with Crippen LogP contribution < -0.4 is 10.6 Å². The second-order valence-electron chi connectivity index (χ2n) is 11.6. The summed E-state index contributed by atoms with van der Waals surface area (Å²) in [7, 11) is 0. The predicted molar refractivity (Wildman–Crippen MR) is 176 cm³/mol. The van der Waals surface area contributed by atoms with E-state index >= 15 is 0 Å². The summed E-state index contributed by atoms with van der Waals surface area (Å²) in [5, 5.41) is 31.3. The van der Waals surface area contributed by atoms with Crippen molar-refractivity contribution >= 4 is 34.9 Å². The third-order valence-electron chi connectivity index (χ3n) is 8.26. The molecule has 2 N–H and O–H groups in total. The van der Waals surface area contributed by atoms with Gasteiger partial charge in [0, 0.05) is 22.3 Å². The molecule has 49 heavy (non-hydrogen) atoms. The molecule has 2 aliphatic rings. The molecule has 2 saturated heterocycles. The molecule has 2 atom stereocenters. The fourth-order valence-electron chi connectivity index (χ4n) is 5.78. The van der Waals surface area contributed by atoms with Gasteiger partial charge in [-0.2, -0.15) is 13.2 Å². The lowest BCUT2D eigenvalue weighted by Gasteiger charge is -2.24. The minimum atomic E-state index is -4.43. The lowest BCUT2D eigenvalue weighted by molar-refractivity contribution is -0.137. The molecule has 0 spiro atoms. The monoisotopic (exact) mass is 713 g/mol. The van der Waals surface area contributed by atoms with Gasteiger partial charge in [-0.1, -0.05) is 47.5 Å². The summed E-state index contributed by atoms with van der Waals surface area (Å²) in [6, 6.07) is 18.9. The number of urea groups is 1. The number of halogens is 5. The van der Waals surface area contributed by atoms with Crippen LogP contribution in [0.4, 0.5) is 23.7 Å². The number of rotatable bonds is 7. The molecule has 2 aromatic heterocycles. The number of nitrogens with one attached hydrogen (secondary N) is 2. The summed E-state index contributed by atoms with van der Waals surface area (Å²) in [6.45, 7) is 2.63. The molecule has 4 heterocycles. The van der Waals surface area contributed by atoms with Gasteiger partial charge in [0.1, 0.15) is 0 Å². The summed E-state index contributed by atoms with van der Waals surface area (Å²) in [5.74, 6) is 1.47. The molecule has 7 rings (SSSR count). The summed E-state index contributed by atoms with van der Waals surface area (Å²) < 4.78 is 41.7. The van der Waals surface area contributed by atoms with E-state index in [4.69, 9.17) is 23.2 Å². The zero-order valence-corrected chi connectivity index (χ0v) is 27.6. The average molecular weight is 715 g/mol. The second kappa shape index (κ2) is 15.3. The highest BCUT2D eigenvalue weighted by molar-refractivity contribution is 6.30. The Kier molecular flexibility index (Phi) is 10.7. The van der Waals surface area contributed by atoms with E-state index < -0.39 is 17.8 Å². The molecule has 0 radical (unpaired) electrons. The molecule has 2 amide bonds. The Morgan fingerprint density at radius 3 is 1.92 bits per heavy atom. The third kappa shape index (κ3) is 8.71. The Bertz CT molecular complexity index is 1820. The number of carbonyl (C=O) groups excluding carboxylic acids is 1. The quantitative estimate of drug-likeness (QED) is 0.194. The lowest BCUT2D eigenvalue weighted by Crippen LogP contribution is -2.35. The average Bonchev–Trinajstić information content (AvgIpc) is 3.91. The van der Waals surface area contributed by atoms with Crippen molar-refractivity contribution in [2.75, 3.05) is 18.4 Å². The minimum Gasteiger partial charge on any atom is -0.314 e. The van der Waals surface area contributed by atoms with Gasteiger partial charge in [0.05, 0.1) is 30.7 Å². The standard InChI is InChI=1S/C20H18ClF3N6O.C12H14ClN5/c21-15-7-3-13(4-8-15)12-30-18(26-27-28-30)17-2-1-11-29(17)19(31)25-16-9-5-14(6-10-16)20(22,23)24;13-10-5-3-9(4-6-10)8-18-12(15-16-17-18)11-2-1-7-14-11/h3-10,17H,1-2,11-12H2,(H,25,31);3-6,11,14H,1-2,7-8H2/t17-;11-/m11/s1. The van der Waals surface area contributed by atoms with E-state index in [1.165, 1.54) is 18.6 Å². The number of benzene rings is 3. The number of aromatic nitrogens is 8. The maximum absolute atomic E-state index is 12.8. The molecule has 0 unspecified atom stereocenters. The van der Waals surface area contributed by atoms with Gasteiger partial charge in [-0.3, -0.25) is 0 Å². The fraction of sp³-hybridized carbons (Fsp3) is 0.344. The van der Waals surface area contributed by atoms with Crippen molar-refractivity contribution in [1.82, 2.24) is 50.6 Å². The Balaban J connectivity index is 0.000000195. The van der Waals surface area contributed by atoms with Crippen molar-refractivity contribution in [3.63, 3.8) is 0 Å². The first-order chi connectivity index (χ1) is 23.6. The molecule has 2 fully saturated rings. The van der Waals surface area contributed by atoms with Crippen LogP contribution in [0.1, 0.15) is 66.1 Å². The Morgan fingerprint density at radius 1 is 0.796 bits per heavy atom. The Morgan fingerprint density at radius 2 is 1.37 bits per heavy atom. The van der Waals surface area contributed by atoms with Gasteiger partial charge < -0.3 is 15.5 Å². The second-order valence-corrected chi connectivity index (χ2v) is 12.5. The van der Waals surface area contributed by atoms with Crippen LogP contribution in [0.3, 0.4) is 0 Å². The van der Waals surface area contributed by atoms with Crippen molar-refractivity contribution in [2.45, 2.75) is 57.0 Å². The smallest absolute Gasteiger partial charge is 0.314 e. The number of nitrogens with zero attached hydrogens (tertiary/aromatic N) is 9. The van der Waals surface area contributed by atoms with Gasteiger partial charge in [-0.05, 0) is 113 Å². The van der Waals surface area contributed by atoms with Gasteiger partial charge in [-0.15, -0.1) is 10.2 Å². The number of carbonyl (C=O) groups is 1. The Labute approximate surface area is 289 Å². The zero-order valence-electron chi connectivity index (χ0n) is 26.1. The summed E-state index contributed by atoms with van der Waals surface area (Å²) in [4.78, 5) is 14.4. The van der Waals surface area contributed by atoms with Crippen LogP contribution in [-0.4, -0.2) is 64.4 Å². The van der Waals surface area contributed by atoms with E-state index in [1.54, 1.807) is 21.7 Å². The first kappa shape index (κ1) is 34.3. The summed E-state index contributed by atoms with van der Waals surface area (Å²) >= 11 is 11.8. The van der Waals surface area contributed by atoms with E-state index in [1.807, 2.05) is 41.1 Å². The van der Waals surface area contributed by atoms with Crippen LogP contribution in [0.2, 0.25) is 10.0 Å². The molecule has 5 aromatic rings. The highest BCUT2D eigenvalue weighted by Gasteiger charge is 2.34. The fourth-order valence-corrected chi connectivity index (χ4v) is 6.04. The SMILES string of the molecule is Clc1ccc(Cn2nnnc2[C@H]2CCCN2)cc1.O=C(Nc1ccc(C(F)(F)F)cc1)N1CCC[C@@H]1c1nnnn1Cc1ccc(Cl)cc1. The number of likely N-dealkylation sites (tertiary alicyclic amines) is 1. The topological polar surface area (TPSA) is 132 Å². The Hall–Kier alpha value is -4.60. The minimum absolute atomic E-state index is 0.282. The normalized spacial score (nSPS) is 17.5. The van der Waals surface area contributed by atoms with Crippen molar-refractivity contribution < 1.29 is 18.0 Å². The first-order valence-electron chi connectivity index (χ1n) is 15.6. The molecule has 3 aromatic carbocycles. The van der Waals surface area contributed by atoms with Gasteiger partial charge in [0.2, 0.25) is 0 Å². The number of anilines is 1. The van der Waals surface area contributed by atoms with E-state index in [2.05, 4.69) is 41.7 Å². The molecule has 17 heteroatoms. The molecule has 12 nitrogen and oxygen atoms in total. The number of amides is 2. The number of hydrogen-bond donors (Lipinski definition) is 2. The van der Waals surface area contributed by atoms with Crippen LogP contribution in [0, 0.1) is 0 Å². The molecule has 0 saturated carbocycles. The number of alkyl halides is 3. The highest BCUT2D eigenvalue weighted by atomic mass is 35.5. The lowest BCUT2D eigenvalue weighted by atomic mass is 10.2. The molecule has 256 valence electrons. The van der Waals surface area contributed by atoms with Crippen LogP contribution in [0.15, 0.2) is 72.8 Å². The molecular weight excluding hydrogens is 682 g/mol. The van der Waals surface area contributed by atoms with Crippen LogP contribution in [0.5, 0.6) is 0 Å². The van der Waals surface area contributed by atoms with Crippen molar-refractivity contribution in [3.05, 3.63) is 111 Å². The van der Waals surface area contributed by atoms with E-state index in [0.717, 1.165) is 53.5 Å². The number of hydrogen-bond acceptors (Lipinski definition) is 8. The van der Waals surface area contributed by atoms with Gasteiger partial charge >= 0.3 is 12.2 Å². The van der Waals surface area contributed by atoms with Crippen LogP contribution in [0.25, 0.3) is 0 Å². The number of tetrazole rings is 2. The van der Waals surface area contributed by atoms with E-state index in [9.17, 15) is 18.0 Å². The maximum atomic E-state index is 12.8. The zero-order chi connectivity index (χ0) is 34.4. The van der Waals surface area contributed by atoms with Crippen molar-refractivity contribution in [2.24, 2.45) is 0 Å². The van der Waals surface area contributed by atoms with Gasteiger partial charge in [0.15, 0.2) is 11.6 Å². The predicted octanol–water partition coefficient (Wildman–Crippen LogP) is 6.56. The largest absolute Gasteiger partial charge is 0.416 e. The molecule has 2 aliphatic heterocycles. The highest BCUT2D eigenvalue weighted by Crippen LogP contribution is 2.33. The van der Waals surface area contributed by atoms with Crippen LogP contribution in [-0.2, 0) is 19.3 Å². The first-order valence-corrected chi connectivity index (χ1v) is 16.4. The van der Waals surface area contributed by atoms with Crippen molar-refractivity contribution in [3.8, 4) is 0 Å². The van der Waals surface area contributed by atoms with Crippen LogP contribution >= 0.6 is 23.2 Å². The summed E-state index contributed by atoms with van der Waals surface area (Å²) in [6.07, 6.45) is -0.705. The van der Waals surface area contributed by atoms with E-state index in [0.29, 0.717) is 36.9 Å². The van der Waals surface area contributed by atoms with Gasteiger partial charge in [0.25, 0.3) is 0 Å². The van der Waals surface area contributed by atoms with Crippen molar-refractivity contribution in [1.29, 1.82) is 0 Å². The third-order valence-corrected chi connectivity index (χ3v) is 8.76. The molecule has 0 aliphatic carbocycles. The molecule has 0 bridgehead atoms. The van der Waals surface area contributed by atoms with Gasteiger partial charge in [-0.25, -0.2) is 14.2 Å². The summed E-state index contributed by atoms with van der Waals surface area (Å²) in [5.41, 5.74) is 1.61. The maximum Gasteiger partial charge on any atom is 0.416 e.